The molecule has 0 spiro atoms. The van der Waals surface area contributed by atoms with Crippen LogP contribution in [0.2, 0.25) is 5.02 Å². The highest BCUT2D eigenvalue weighted by molar-refractivity contribution is 6.30. The number of hydrogen-bond acceptors (Lipinski definition) is 2. The maximum absolute atomic E-state index is 13.1. The summed E-state index contributed by atoms with van der Waals surface area (Å²) in [5, 5.41) is 12.8. The fourth-order valence-electron chi connectivity index (χ4n) is 1.25. The second kappa shape index (κ2) is 6.05. The van der Waals surface area contributed by atoms with E-state index in [1.807, 2.05) is 6.92 Å². The first kappa shape index (κ1) is 12.4. The molecule has 0 saturated carbocycles. The van der Waals surface area contributed by atoms with Crippen molar-refractivity contribution in [3.8, 4) is 0 Å². The van der Waals surface area contributed by atoms with E-state index in [2.05, 4.69) is 5.32 Å². The van der Waals surface area contributed by atoms with Gasteiger partial charge in [0.15, 0.2) is 0 Å². The molecule has 1 aromatic carbocycles. The summed E-state index contributed by atoms with van der Waals surface area (Å²) in [5.41, 5.74) is 0.542. The molecule has 0 radical (unpaired) electrons. The summed E-state index contributed by atoms with van der Waals surface area (Å²) in [6, 6.07) is 4.35. The molecule has 0 aliphatic heterocycles. The van der Waals surface area contributed by atoms with Crippen molar-refractivity contribution in [2.24, 2.45) is 0 Å². The molecule has 0 aliphatic rings. The molecule has 2 nitrogen and oxygen atoms in total. The third-order valence-corrected chi connectivity index (χ3v) is 2.40. The molecule has 0 amide bonds. The van der Waals surface area contributed by atoms with Crippen LogP contribution in [0.25, 0.3) is 0 Å². The highest BCUT2D eigenvalue weighted by atomic mass is 35.5. The zero-order chi connectivity index (χ0) is 11.3. The lowest BCUT2D eigenvalue weighted by Crippen LogP contribution is -2.22. The zero-order valence-electron chi connectivity index (χ0n) is 8.63. The fourth-order valence-corrected chi connectivity index (χ4v) is 1.37. The molecule has 0 saturated heterocycles. The quantitative estimate of drug-likeness (QED) is 0.764. The molecule has 2 N–H and O–H groups in total. The Bertz CT molecular complexity index is 319. The van der Waals surface area contributed by atoms with Crippen LogP contribution in [0.3, 0.4) is 0 Å². The van der Waals surface area contributed by atoms with E-state index in [4.69, 9.17) is 11.6 Å². The van der Waals surface area contributed by atoms with Crippen LogP contribution < -0.4 is 5.32 Å². The first-order chi connectivity index (χ1) is 7.15. The number of nitrogens with one attached hydrogen (secondary N) is 1. The molecular formula is C11H15ClFNO. The minimum absolute atomic E-state index is 0.0764. The Morgan fingerprint density at radius 2 is 2.27 bits per heavy atom. The van der Waals surface area contributed by atoms with Gasteiger partial charge in [-0.15, -0.1) is 0 Å². The number of aliphatic hydroxyl groups excluding tert-OH is 1. The van der Waals surface area contributed by atoms with Gasteiger partial charge in [-0.2, -0.15) is 0 Å². The summed E-state index contributed by atoms with van der Waals surface area (Å²) in [4.78, 5) is 0. The molecule has 0 heterocycles. The van der Waals surface area contributed by atoms with Crippen molar-refractivity contribution < 1.29 is 9.50 Å². The summed E-state index contributed by atoms with van der Waals surface area (Å²) in [5.74, 6) is -0.497. The predicted molar refractivity (Wildman–Crippen MR) is 59.5 cm³/mol. The molecule has 15 heavy (non-hydrogen) atoms. The van der Waals surface area contributed by atoms with Gasteiger partial charge < -0.3 is 10.4 Å². The van der Waals surface area contributed by atoms with E-state index >= 15 is 0 Å². The lowest BCUT2D eigenvalue weighted by Gasteiger charge is -2.12. The summed E-state index contributed by atoms with van der Waals surface area (Å²) in [6.07, 6.45) is 0.310. The van der Waals surface area contributed by atoms with Crippen LogP contribution in [0.1, 0.15) is 25.0 Å². The minimum Gasteiger partial charge on any atom is -0.387 e. The first-order valence-corrected chi connectivity index (χ1v) is 5.36. The van der Waals surface area contributed by atoms with E-state index in [0.29, 0.717) is 12.1 Å². The van der Waals surface area contributed by atoms with Gasteiger partial charge >= 0.3 is 0 Å². The van der Waals surface area contributed by atoms with E-state index in [-0.39, 0.29) is 5.02 Å². The number of benzene rings is 1. The molecule has 1 atom stereocenters. The smallest absolute Gasteiger partial charge is 0.142 e. The molecule has 0 fully saturated rings. The van der Waals surface area contributed by atoms with Gasteiger partial charge in [-0.1, -0.05) is 24.6 Å². The molecule has 84 valence electrons. The van der Waals surface area contributed by atoms with Crippen molar-refractivity contribution in [1.29, 1.82) is 0 Å². The second-order valence-electron chi connectivity index (χ2n) is 3.39. The number of halogens is 2. The van der Waals surface area contributed by atoms with Crippen LogP contribution in [0.4, 0.5) is 4.39 Å². The largest absolute Gasteiger partial charge is 0.387 e. The maximum atomic E-state index is 13.1. The van der Waals surface area contributed by atoms with Crippen molar-refractivity contribution in [3.63, 3.8) is 0 Å². The lowest BCUT2D eigenvalue weighted by atomic mass is 10.1. The van der Waals surface area contributed by atoms with Gasteiger partial charge in [-0.3, -0.25) is 0 Å². The van der Waals surface area contributed by atoms with Crippen molar-refractivity contribution in [1.82, 2.24) is 5.32 Å². The average molecular weight is 232 g/mol. The molecule has 4 heteroatoms. The monoisotopic (exact) mass is 231 g/mol. The summed E-state index contributed by atoms with van der Waals surface area (Å²) in [6.45, 7) is 3.31. The van der Waals surface area contributed by atoms with Crippen molar-refractivity contribution in [2.75, 3.05) is 13.1 Å². The van der Waals surface area contributed by atoms with E-state index in [1.54, 1.807) is 6.07 Å². The van der Waals surface area contributed by atoms with Gasteiger partial charge in [0.2, 0.25) is 0 Å². The Labute approximate surface area is 94.1 Å². The number of aliphatic hydroxyl groups is 1. The normalized spacial score (nSPS) is 12.8. The fraction of sp³-hybridized carbons (Fsp3) is 0.455. The van der Waals surface area contributed by atoms with E-state index in [0.717, 1.165) is 13.0 Å². The standard InChI is InChI=1S/C11H15ClFNO/c1-2-5-14-7-11(15)8-3-4-9(12)10(13)6-8/h3-4,6,11,14-15H,2,5,7H2,1H3. The van der Waals surface area contributed by atoms with Gasteiger partial charge in [0, 0.05) is 6.54 Å². The Balaban J connectivity index is 2.57. The van der Waals surface area contributed by atoms with E-state index in [9.17, 15) is 9.50 Å². The Kier molecular flexibility index (Phi) is 5.02. The molecule has 0 aliphatic carbocycles. The highest BCUT2D eigenvalue weighted by Crippen LogP contribution is 2.19. The van der Waals surface area contributed by atoms with Crippen LogP contribution in [-0.4, -0.2) is 18.2 Å². The van der Waals surface area contributed by atoms with Crippen molar-refractivity contribution >= 4 is 11.6 Å². The summed E-state index contributed by atoms with van der Waals surface area (Å²) in [7, 11) is 0. The number of hydrogen-bond donors (Lipinski definition) is 2. The average Bonchev–Trinajstić information content (AvgIpc) is 2.22. The molecule has 1 aromatic rings. The molecule has 1 rings (SSSR count). The van der Waals surface area contributed by atoms with Crippen LogP contribution >= 0.6 is 11.6 Å². The minimum atomic E-state index is -0.691. The topological polar surface area (TPSA) is 32.3 Å². The van der Waals surface area contributed by atoms with Crippen LogP contribution in [0, 0.1) is 5.82 Å². The maximum Gasteiger partial charge on any atom is 0.142 e. The first-order valence-electron chi connectivity index (χ1n) is 4.99. The van der Waals surface area contributed by atoms with Crippen LogP contribution in [-0.2, 0) is 0 Å². The Hall–Kier alpha value is -0.640. The van der Waals surface area contributed by atoms with Gasteiger partial charge in [0.25, 0.3) is 0 Å². The molecule has 1 unspecified atom stereocenters. The highest BCUT2D eigenvalue weighted by Gasteiger charge is 2.09. The van der Waals surface area contributed by atoms with E-state index in [1.165, 1.54) is 12.1 Å². The van der Waals surface area contributed by atoms with Gasteiger partial charge in [-0.25, -0.2) is 4.39 Å². The molecular weight excluding hydrogens is 217 g/mol. The third-order valence-electron chi connectivity index (χ3n) is 2.09. The predicted octanol–water partition coefficient (Wildman–Crippen LogP) is 2.51. The van der Waals surface area contributed by atoms with E-state index < -0.39 is 11.9 Å². The van der Waals surface area contributed by atoms with Crippen molar-refractivity contribution in [2.45, 2.75) is 19.4 Å². The van der Waals surface area contributed by atoms with Crippen LogP contribution in [0.5, 0.6) is 0 Å². The number of rotatable bonds is 5. The SMILES string of the molecule is CCCNCC(O)c1ccc(Cl)c(F)c1. The molecule has 0 aromatic heterocycles. The summed E-state index contributed by atoms with van der Waals surface area (Å²) >= 11 is 5.54. The van der Waals surface area contributed by atoms with Gasteiger partial charge in [0.1, 0.15) is 5.82 Å². The van der Waals surface area contributed by atoms with Crippen molar-refractivity contribution in [3.05, 3.63) is 34.6 Å². The lowest BCUT2D eigenvalue weighted by molar-refractivity contribution is 0.174. The second-order valence-corrected chi connectivity index (χ2v) is 3.80. The van der Waals surface area contributed by atoms with Crippen LogP contribution in [0.15, 0.2) is 18.2 Å². The zero-order valence-corrected chi connectivity index (χ0v) is 9.39. The van der Waals surface area contributed by atoms with Gasteiger partial charge in [0.05, 0.1) is 11.1 Å². The third kappa shape index (κ3) is 3.78. The molecule has 0 bridgehead atoms. The summed E-state index contributed by atoms with van der Waals surface area (Å²) < 4.78 is 13.1. The van der Waals surface area contributed by atoms with Gasteiger partial charge in [-0.05, 0) is 30.7 Å². The Morgan fingerprint density at radius 3 is 2.87 bits per heavy atom. The Morgan fingerprint density at radius 1 is 1.53 bits per heavy atom.